The van der Waals surface area contributed by atoms with Crippen LogP contribution in [0.2, 0.25) is 0 Å². The van der Waals surface area contributed by atoms with Crippen molar-refractivity contribution in [3.05, 3.63) is 0 Å². The van der Waals surface area contributed by atoms with E-state index in [-0.39, 0.29) is 5.92 Å². The monoisotopic (exact) mass is 155 g/mol. The molecular formula is C10H19O. The molecule has 1 radical (unpaired) electrons. The third kappa shape index (κ3) is 6.08. The molecule has 0 aromatic carbocycles. The van der Waals surface area contributed by atoms with Gasteiger partial charge in [-0.2, -0.15) is 0 Å². The van der Waals surface area contributed by atoms with Crippen molar-refractivity contribution in [2.75, 3.05) is 0 Å². The van der Waals surface area contributed by atoms with E-state index in [1.165, 1.54) is 25.7 Å². The summed E-state index contributed by atoms with van der Waals surface area (Å²) in [4.78, 5) is 10.4. The van der Waals surface area contributed by atoms with Crippen molar-refractivity contribution in [2.24, 2.45) is 5.92 Å². The lowest BCUT2D eigenvalue weighted by Gasteiger charge is -2.06. The highest BCUT2D eigenvalue weighted by Gasteiger charge is 2.05. The van der Waals surface area contributed by atoms with Crippen molar-refractivity contribution < 1.29 is 4.79 Å². The van der Waals surface area contributed by atoms with E-state index in [2.05, 4.69) is 20.1 Å². The van der Waals surface area contributed by atoms with Gasteiger partial charge in [0.1, 0.15) is 0 Å². The molecule has 1 heteroatoms. The van der Waals surface area contributed by atoms with Gasteiger partial charge in [-0.1, -0.05) is 39.5 Å². The Bertz CT molecular complexity index is 80.9. The maximum atomic E-state index is 10.4. The van der Waals surface area contributed by atoms with Crippen LogP contribution in [0.25, 0.3) is 0 Å². The third-order valence-corrected chi connectivity index (χ3v) is 1.98. The largest absolute Gasteiger partial charge is 0.291 e. The zero-order chi connectivity index (χ0) is 8.53. The van der Waals surface area contributed by atoms with Crippen molar-refractivity contribution in [3.63, 3.8) is 0 Å². The summed E-state index contributed by atoms with van der Waals surface area (Å²) < 4.78 is 0. The molecule has 0 unspecified atom stereocenters. The summed E-state index contributed by atoms with van der Waals surface area (Å²) in [5, 5.41) is 0. The molecule has 0 fully saturated rings. The van der Waals surface area contributed by atoms with Gasteiger partial charge in [-0.05, 0) is 12.8 Å². The number of unbranched alkanes of at least 4 members (excludes halogenated alkanes) is 2. The molecule has 0 heterocycles. The number of carbonyl (C=O) groups excluding carboxylic acids is 1. The average Bonchev–Trinajstić information content (AvgIpc) is 2.05. The topological polar surface area (TPSA) is 17.1 Å². The summed E-state index contributed by atoms with van der Waals surface area (Å²) in [7, 11) is 0. The molecule has 0 saturated carbocycles. The van der Waals surface area contributed by atoms with Gasteiger partial charge in [-0.3, -0.25) is 4.79 Å². The van der Waals surface area contributed by atoms with Crippen LogP contribution < -0.4 is 0 Å². The predicted octanol–water partition coefficient (Wildman–Crippen LogP) is 3.09. The van der Waals surface area contributed by atoms with Crippen LogP contribution in [-0.4, -0.2) is 6.29 Å². The highest BCUT2D eigenvalue weighted by atomic mass is 16.1. The summed E-state index contributed by atoms with van der Waals surface area (Å²) in [6, 6.07) is 0. The molecule has 0 aromatic rings. The van der Waals surface area contributed by atoms with E-state index >= 15 is 0 Å². The van der Waals surface area contributed by atoms with Crippen molar-refractivity contribution in [1.82, 2.24) is 0 Å². The normalized spacial score (nSPS) is 10.5. The molecule has 0 N–H and O–H groups in total. The van der Waals surface area contributed by atoms with Gasteiger partial charge < -0.3 is 0 Å². The number of hydrogen-bond acceptors (Lipinski definition) is 1. The minimum atomic E-state index is 0.217. The minimum absolute atomic E-state index is 0.217. The van der Waals surface area contributed by atoms with E-state index < -0.39 is 0 Å². The molecule has 0 rings (SSSR count). The lowest BCUT2D eigenvalue weighted by atomic mass is 9.98. The molecule has 11 heavy (non-hydrogen) atoms. The second kappa shape index (κ2) is 7.77. The molecule has 0 spiro atoms. The Kier molecular flexibility index (Phi) is 7.54. The van der Waals surface area contributed by atoms with Crippen molar-refractivity contribution in [1.29, 1.82) is 0 Å². The second-order valence-electron chi connectivity index (χ2n) is 3.10. The molecule has 0 aliphatic rings. The zero-order valence-corrected chi connectivity index (χ0v) is 7.73. The Hall–Kier alpha value is -0.330. The van der Waals surface area contributed by atoms with Crippen molar-refractivity contribution in [3.8, 4) is 0 Å². The fourth-order valence-corrected chi connectivity index (χ4v) is 1.16. The van der Waals surface area contributed by atoms with Crippen LogP contribution in [0.5, 0.6) is 0 Å². The second-order valence-corrected chi connectivity index (χ2v) is 3.10. The van der Waals surface area contributed by atoms with Crippen LogP contribution in [0, 0.1) is 5.92 Å². The summed E-state index contributed by atoms with van der Waals surface area (Å²) in [5.74, 6) is 0.217. The summed E-state index contributed by atoms with van der Waals surface area (Å²) in [6.45, 7) is 4.31. The van der Waals surface area contributed by atoms with E-state index in [4.69, 9.17) is 0 Å². The van der Waals surface area contributed by atoms with Crippen LogP contribution >= 0.6 is 0 Å². The molecule has 0 bridgehead atoms. The zero-order valence-electron chi connectivity index (χ0n) is 7.73. The van der Waals surface area contributed by atoms with Gasteiger partial charge in [0.05, 0.1) is 0 Å². The first-order valence-electron chi connectivity index (χ1n) is 4.72. The Morgan fingerprint density at radius 2 is 1.55 bits per heavy atom. The molecule has 65 valence electrons. The lowest BCUT2D eigenvalue weighted by Crippen LogP contribution is -2.01. The highest BCUT2D eigenvalue weighted by molar-refractivity contribution is 5.54. The van der Waals surface area contributed by atoms with E-state index in [9.17, 15) is 4.79 Å². The molecule has 0 amide bonds. The van der Waals surface area contributed by atoms with Gasteiger partial charge in [0, 0.05) is 5.92 Å². The van der Waals surface area contributed by atoms with Gasteiger partial charge in [-0.15, -0.1) is 0 Å². The van der Waals surface area contributed by atoms with Gasteiger partial charge in [0.25, 0.3) is 0 Å². The fourth-order valence-electron chi connectivity index (χ4n) is 1.16. The Morgan fingerprint density at radius 1 is 1.09 bits per heavy atom. The minimum Gasteiger partial charge on any atom is -0.291 e. The molecule has 0 aliphatic carbocycles. The number of rotatable bonds is 7. The maximum absolute atomic E-state index is 10.4. The lowest BCUT2D eigenvalue weighted by molar-refractivity contribution is 0.469. The van der Waals surface area contributed by atoms with Crippen molar-refractivity contribution in [2.45, 2.75) is 52.4 Å². The van der Waals surface area contributed by atoms with Gasteiger partial charge in [0.2, 0.25) is 6.29 Å². The van der Waals surface area contributed by atoms with Crippen LogP contribution in [0.15, 0.2) is 0 Å². The van der Waals surface area contributed by atoms with E-state index in [1.807, 2.05) is 0 Å². The van der Waals surface area contributed by atoms with Crippen LogP contribution in [0.1, 0.15) is 52.4 Å². The van der Waals surface area contributed by atoms with Crippen molar-refractivity contribution >= 4 is 6.29 Å². The van der Waals surface area contributed by atoms with E-state index in [0.717, 1.165) is 12.8 Å². The first-order chi connectivity index (χ1) is 5.35. The van der Waals surface area contributed by atoms with Crippen LogP contribution in [0.3, 0.4) is 0 Å². The van der Waals surface area contributed by atoms with E-state index in [0.29, 0.717) is 0 Å². The molecule has 0 aromatic heterocycles. The Morgan fingerprint density at radius 3 is 1.82 bits per heavy atom. The smallest absolute Gasteiger partial charge is 0.201 e. The predicted molar refractivity (Wildman–Crippen MR) is 48.2 cm³/mol. The first kappa shape index (κ1) is 10.7. The van der Waals surface area contributed by atoms with Gasteiger partial charge in [-0.25, -0.2) is 0 Å². The Labute approximate surface area is 70.2 Å². The SMILES string of the molecule is CCCCC([C]=O)CCCC. The molecule has 0 saturated heterocycles. The molecular weight excluding hydrogens is 136 g/mol. The van der Waals surface area contributed by atoms with Gasteiger partial charge >= 0.3 is 0 Å². The molecule has 0 atom stereocenters. The van der Waals surface area contributed by atoms with Gasteiger partial charge in [0.15, 0.2) is 0 Å². The molecule has 1 nitrogen and oxygen atoms in total. The first-order valence-corrected chi connectivity index (χ1v) is 4.72. The Balaban J connectivity index is 3.33. The average molecular weight is 155 g/mol. The third-order valence-electron chi connectivity index (χ3n) is 1.98. The standard InChI is InChI=1S/C10H19O/c1-3-5-7-10(9-11)8-6-4-2/h10H,3-8H2,1-2H3. The number of hydrogen-bond donors (Lipinski definition) is 0. The maximum Gasteiger partial charge on any atom is 0.201 e. The van der Waals surface area contributed by atoms with Crippen LogP contribution in [-0.2, 0) is 4.79 Å². The summed E-state index contributed by atoms with van der Waals surface area (Å²) in [5.41, 5.74) is 0. The quantitative estimate of drug-likeness (QED) is 0.552. The highest BCUT2D eigenvalue weighted by Crippen LogP contribution is 2.13. The van der Waals surface area contributed by atoms with E-state index in [1.54, 1.807) is 0 Å². The van der Waals surface area contributed by atoms with Crippen LogP contribution in [0.4, 0.5) is 0 Å². The summed E-state index contributed by atoms with van der Waals surface area (Å²) in [6.07, 6.45) is 8.92. The molecule has 0 aliphatic heterocycles. The summed E-state index contributed by atoms with van der Waals surface area (Å²) >= 11 is 0. The fraction of sp³-hybridized carbons (Fsp3) is 0.900.